The van der Waals surface area contributed by atoms with Crippen LogP contribution in [0.4, 0.5) is 0 Å². The highest BCUT2D eigenvalue weighted by Crippen LogP contribution is 2.27. The number of pyridine rings is 1. The smallest absolute Gasteiger partial charge is 0.305 e. The normalized spacial score (nSPS) is 11.8. The Bertz CT molecular complexity index is 1610. The summed E-state index contributed by atoms with van der Waals surface area (Å²) < 4.78 is 68.1. The van der Waals surface area contributed by atoms with Gasteiger partial charge in [0.1, 0.15) is 17.9 Å². The molecule has 0 spiro atoms. The van der Waals surface area contributed by atoms with Crippen molar-refractivity contribution in [2.75, 3.05) is 65.2 Å². The molecule has 0 unspecified atom stereocenters. The third kappa shape index (κ3) is 10.8. The third-order valence-electron chi connectivity index (χ3n) is 6.36. The lowest BCUT2D eigenvalue weighted by atomic mass is 10.2. The Morgan fingerprint density at radius 2 is 1.55 bits per heavy atom. The van der Waals surface area contributed by atoms with E-state index in [0.717, 1.165) is 16.6 Å². The number of nitrogens with zero attached hydrogens (tertiary/aromatic N) is 2. The van der Waals surface area contributed by atoms with Crippen molar-refractivity contribution in [3.63, 3.8) is 0 Å². The van der Waals surface area contributed by atoms with E-state index >= 15 is 0 Å². The number of carboxylic acids is 1. The van der Waals surface area contributed by atoms with Crippen molar-refractivity contribution in [1.82, 2.24) is 4.98 Å². The molecule has 0 atom stereocenters. The average molecular weight is 633 g/mol. The lowest BCUT2D eigenvalue weighted by Gasteiger charge is -2.08. The van der Waals surface area contributed by atoms with Crippen molar-refractivity contribution in [3.05, 3.63) is 54.6 Å². The predicted octanol–water partition coefficient (Wildman–Crippen LogP) is 2.79. The quantitative estimate of drug-likeness (QED) is 0.0811. The molecule has 238 valence electrons. The van der Waals surface area contributed by atoms with E-state index in [1.807, 2.05) is 36.4 Å². The second kappa shape index (κ2) is 17.0. The van der Waals surface area contributed by atoms with Crippen LogP contribution in [0, 0.1) is 0 Å². The van der Waals surface area contributed by atoms with Gasteiger partial charge in [0.05, 0.1) is 69.4 Å². The van der Waals surface area contributed by atoms with Crippen molar-refractivity contribution in [2.24, 2.45) is 0 Å². The number of ether oxygens (including phenoxy) is 5. The molecule has 0 aliphatic carbocycles. The Labute approximate surface area is 255 Å². The number of fused-ring (bicyclic) bond motifs is 2. The Kier molecular flexibility index (Phi) is 12.8. The molecular formula is C30H36N2O11S. The monoisotopic (exact) mass is 632 g/mol. The van der Waals surface area contributed by atoms with Crippen molar-refractivity contribution in [3.8, 4) is 17.3 Å². The van der Waals surface area contributed by atoms with E-state index in [1.54, 1.807) is 18.2 Å². The molecular weight excluding hydrogens is 596 g/mol. The number of para-hydroxylation sites is 1. The number of carbonyl (C=O) groups is 1. The standard InChI is InChI=1S/C30H36N2O11S/c33-29(34)10-13-38-15-17-40-19-20-41-18-16-39-14-11-32-26-5-2-1-4-23(26)6-9-27(32)30-31-25-8-7-24(22-28(25)43-30)42-12-3-21-44(35,36)37/h1-2,4-9,22H,3,10-21H2,(H-,33,34,35,36,37). The highest BCUT2D eigenvalue weighted by atomic mass is 32.2. The number of benzene rings is 2. The van der Waals surface area contributed by atoms with Crippen LogP contribution in [0.3, 0.4) is 0 Å². The van der Waals surface area contributed by atoms with Crippen LogP contribution in [-0.2, 0) is 40.4 Å². The fraction of sp³-hybridized carbons (Fsp3) is 0.433. The van der Waals surface area contributed by atoms with Crippen LogP contribution in [0.2, 0.25) is 0 Å². The van der Waals surface area contributed by atoms with Gasteiger partial charge in [-0.05, 0) is 30.7 Å². The molecule has 0 fully saturated rings. The second-order valence-corrected chi connectivity index (χ2v) is 11.2. The first kappa shape index (κ1) is 33.2. The summed E-state index contributed by atoms with van der Waals surface area (Å²) in [6.45, 7) is 3.56. The summed E-state index contributed by atoms with van der Waals surface area (Å²) in [6.07, 6.45) is 0.0722. The van der Waals surface area contributed by atoms with E-state index in [2.05, 4.69) is 9.55 Å². The first-order valence-electron chi connectivity index (χ1n) is 14.2. The zero-order valence-corrected chi connectivity index (χ0v) is 25.0. The summed E-state index contributed by atoms with van der Waals surface area (Å²) in [4.78, 5) is 15.1. The van der Waals surface area contributed by atoms with Crippen LogP contribution in [0.15, 0.2) is 59.0 Å². The predicted molar refractivity (Wildman–Crippen MR) is 157 cm³/mol. The van der Waals surface area contributed by atoms with Gasteiger partial charge in [-0.1, -0.05) is 12.1 Å². The zero-order valence-electron chi connectivity index (χ0n) is 24.2. The van der Waals surface area contributed by atoms with Gasteiger partial charge in [-0.2, -0.15) is 4.57 Å². The average Bonchev–Trinajstić information content (AvgIpc) is 3.42. The van der Waals surface area contributed by atoms with Gasteiger partial charge < -0.3 is 37.8 Å². The van der Waals surface area contributed by atoms with Gasteiger partial charge >= 0.3 is 5.97 Å². The molecule has 13 nitrogen and oxygen atoms in total. The number of aliphatic carboxylic acids is 1. The highest BCUT2D eigenvalue weighted by Gasteiger charge is 2.22. The lowest BCUT2D eigenvalue weighted by molar-refractivity contribution is -0.663. The molecule has 4 rings (SSSR count). The van der Waals surface area contributed by atoms with E-state index < -0.39 is 21.8 Å². The maximum absolute atomic E-state index is 10.8. The van der Waals surface area contributed by atoms with Crippen molar-refractivity contribution >= 4 is 38.1 Å². The molecule has 14 heteroatoms. The molecule has 0 amide bonds. The number of aromatic nitrogens is 2. The first-order chi connectivity index (χ1) is 21.3. The molecule has 2 heterocycles. The van der Waals surface area contributed by atoms with Gasteiger partial charge in [0.25, 0.3) is 11.6 Å². The fourth-order valence-corrected chi connectivity index (χ4v) is 4.77. The van der Waals surface area contributed by atoms with Gasteiger partial charge in [0.2, 0.25) is 5.52 Å². The summed E-state index contributed by atoms with van der Waals surface area (Å²) in [7, 11) is -4.28. The summed E-state index contributed by atoms with van der Waals surface area (Å²) in [5, 5.41) is 9.61. The molecule has 0 bridgehead atoms. The molecule has 0 saturated carbocycles. The number of rotatable bonds is 21. The Hall–Kier alpha value is -3.66. The SMILES string of the molecule is O=C(O)CCOCCOCCOCCOCC[n+]1c(-c2nc3ccc(OCCCS(=O)(=O)[O-])cc3o2)ccc2ccccc21. The van der Waals surface area contributed by atoms with E-state index in [-0.39, 0.29) is 26.1 Å². The van der Waals surface area contributed by atoms with Crippen molar-refractivity contribution in [2.45, 2.75) is 19.4 Å². The number of hydrogen-bond acceptors (Lipinski definition) is 11. The van der Waals surface area contributed by atoms with Crippen LogP contribution in [0.1, 0.15) is 12.8 Å². The summed E-state index contributed by atoms with van der Waals surface area (Å²) in [5.41, 5.74) is 2.91. The molecule has 0 saturated heterocycles. The zero-order chi connectivity index (χ0) is 31.2. The minimum Gasteiger partial charge on any atom is -0.748 e. The second-order valence-electron chi connectivity index (χ2n) is 9.63. The molecule has 2 aromatic carbocycles. The molecule has 44 heavy (non-hydrogen) atoms. The Morgan fingerprint density at radius 3 is 2.25 bits per heavy atom. The molecule has 0 radical (unpaired) electrons. The largest absolute Gasteiger partial charge is 0.748 e. The van der Waals surface area contributed by atoms with Gasteiger partial charge in [-0.15, -0.1) is 0 Å². The van der Waals surface area contributed by atoms with E-state index in [0.29, 0.717) is 75.5 Å². The number of hydrogen-bond donors (Lipinski definition) is 1. The Morgan fingerprint density at radius 1 is 0.864 bits per heavy atom. The Balaban J connectivity index is 1.27. The van der Waals surface area contributed by atoms with Gasteiger partial charge in [0, 0.05) is 29.3 Å². The molecule has 0 aliphatic heterocycles. The maximum atomic E-state index is 10.8. The van der Waals surface area contributed by atoms with E-state index in [9.17, 15) is 17.8 Å². The van der Waals surface area contributed by atoms with Crippen LogP contribution in [0.25, 0.3) is 33.6 Å². The fourth-order valence-electron chi connectivity index (χ4n) is 4.30. The topological polar surface area (TPSA) is 171 Å². The van der Waals surface area contributed by atoms with Crippen LogP contribution in [-0.4, -0.2) is 94.2 Å². The molecule has 0 aliphatic rings. The van der Waals surface area contributed by atoms with Crippen LogP contribution < -0.4 is 9.30 Å². The summed E-state index contributed by atoms with van der Waals surface area (Å²) >= 11 is 0. The molecule has 4 aromatic rings. The third-order valence-corrected chi connectivity index (χ3v) is 7.15. The minimum absolute atomic E-state index is 0.0249. The number of oxazole rings is 1. The first-order valence-corrected chi connectivity index (χ1v) is 15.8. The minimum atomic E-state index is -4.28. The molecule has 2 aromatic heterocycles. The number of carboxylic acid groups (broad SMARTS) is 1. The molecule has 1 N–H and O–H groups in total. The maximum Gasteiger partial charge on any atom is 0.305 e. The lowest BCUT2D eigenvalue weighted by Crippen LogP contribution is -2.39. The van der Waals surface area contributed by atoms with Gasteiger partial charge in [-0.25, -0.2) is 13.4 Å². The summed E-state index contributed by atoms with van der Waals surface area (Å²) in [5.74, 6) is -0.459. The van der Waals surface area contributed by atoms with E-state index in [4.69, 9.17) is 33.2 Å². The van der Waals surface area contributed by atoms with Crippen molar-refractivity contribution in [1.29, 1.82) is 0 Å². The van der Waals surface area contributed by atoms with Gasteiger partial charge in [-0.3, -0.25) is 4.79 Å². The summed E-state index contributed by atoms with van der Waals surface area (Å²) in [6, 6.07) is 17.1. The van der Waals surface area contributed by atoms with Gasteiger partial charge in [0.15, 0.2) is 12.1 Å². The van der Waals surface area contributed by atoms with Crippen LogP contribution >= 0.6 is 0 Å². The van der Waals surface area contributed by atoms with E-state index in [1.165, 1.54) is 0 Å². The highest BCUT2D eigenvalue weighted by molar-refractivity contribution is 7.85. The van der Waals surface area contributed by atoms with Crippen molar-refractivity contribution < 1.29 is 55.5 Å². The van der Waals surface area contributed by atoms with Crippen LogP contribution in [0.5, 0.6) is 5.75 Å².